The van der Waals surface area contributed by atoms with E-state index in [1.54, 1.807) is 48.5 Å². The number of nitrogens with zero attached hydrogens (tertiary/aromatic N) is 7. The molecular formula is C27H23Cl2FN8O3. The van der Waals surface area contributed by atoms with Gasteiger partial charge in [0.1, 0.15) is 11.9 Å². The molecule has 0 spiro atoms. The fraction of sp³-hybridized carbons (Fsp3) is 0.185. The van der Waals surface area contributed by atoms with Gasteiger partial charge in [-0.1, -0.05) is 40.5 Å². The Morgan fingerprint density at radius 1 is 1.07 bits per heavy atom. The topological polar surface area (TPSA) is 103 Å². The molecule has 210 valence electrons. The lowest BCUT2D eigenvalue weighted by atomic mass is 10.0. The highest BCUT2D eigenvalue weighted by Gasteiger charge is 2.33. The molecule has 0 aliphatic carbocycles. The Morgan fingerprint density at radius 3 is 2.66 bits per heavy atom. The van der Waals surface area contributed by atoms with Gasteiger partial charge >= 0.3 is 0 Å². The average molecular weight is 600 g/mol. The summed E-state index contributed by atoms with van der Waals surface area (Å²) in [6, 6.07) is 14.8. The maximum atomic E-state index is 13.7. The number of halogens is 3. The molecular weight excluding hydrogens is 574 g/mol. The normalized spacial score (nSPS) is 16.3. The van der Waals surface area contributed by atoms with Crippen LogP contribution >= 0.6 is 23.2 Å². The number of carbonyl (C=O) groups is 1. The molecule has 1 atom stereocenters. The quantitative estimate of drug-likeness (QED) is 0.286. The van der Waals surface area contributed by atoms with Crippen molar-refractivity contribution < 1.29 is 23.0 Å². The standard InChI is InChI=1S/C27H23Cl2FN8O3/c1-35-13-18-11-21(7-8-22(18)33-35)31-27(39)25(10-17-2-5-20(30)6-3-17)38-16-40-37(15-41-38)24-12-19(28)4-9-23(24)36-14-26(29)32-34-36/h2-9,11-14,25H,10,15-16H2,1H3,(H,31,39)/i1D3. The summed E-state index contributed by atoms with van der Waals surface area (Å²) in [5.41, 5.74) is 2.66. The van der Waals surface area contributed by atoms with E-state index in [4.69, 9.17) is 37.0 Å². The third-order valence-corrected chi connectivity index (χ3v) is 6.77. The highest BCUT2D eigenvalue weighted by atomic mass is 35.5. The Labute approximate surface area is 247 Å². The molecule has 1 aliphatic heterocycles. The van der Waals surface area contributed by atoms with E-state index in [1.165, 1.54) is 39.3 Å². The summed E-state index contributed by atoms with van der Waals surface area (Å²) >= 11 is 12.2. The minimum atomic E-state index is -2.43. The number of rotatable bonds is 7. The number of aryl methyl sites for hydroxylation is 1. The summed E-state index contributed by atoms with van der Waals surface area (Å²) in [6.07, 6.45) is 3.08. The molecule has 0 radical (unpaired) electrons. The molecule has 5 aromatic rings. The number of hydroxylamine groups is 3. The molecule has 1 aliphatic rings. The number of hydrogen-bond donors (Lipinski definition) is 1. The monoisotopic (exact) mass is 599 g/mol. The summed E-state index contributed by atoms with van der Waals surface area (Å²) in [5.74, 6) is -0.838. The Hall–Kier alpha value is -4.07. The molecule has 41 heavy (non-hydrogen) atoms. The van der Waals surface area contributed by atoms with Gasteiger partial charge in [-0.25, -0.2) is 14.1 Å². The number of fused-ring (bicyclic) bond motifs is 1. The number of hydrogen-bond acceptors (Lipinski definition) is 8. The minimum absolute atomic E-state index is 0.122. The zero-order valence-corrected chi connectivity index (χ0v) is 22.6. The van der Waals surface area contributed by atoms with E-state index in [9.17, 15) is 9.18 Å². The molecule has 11 nitrogen and oxygen atoms in total. The third kappa shape index (κ3) is 6.01. The first-order valence-electron chi connectivity index (χ1n) is 13.8. The minimum Gasteiger partial charge on any atom is -0.325 e. The maximum absolute atomic E-state index is 13.7. The van der Waals surface area contributed by atoms with Gasteiger partial charge in [0.15, 0.2) is 18.6 Å². The summed E-state index contributed by atoms with van der Waals surface area (Å²) in [5, 5.41) is 18.8. The fourth-order valence-corrected chi connectivity index (χ4v) is 4.69. The Kier molecular flexibility index (Phi) is 6.58. The maximum Gasteiger partial charge on any atom is 0.244 e. The van der Waals surface area contributed by atoms with Crippen LogP contribution in [0.2, 0.25) is 10.2 Å². The lowest BCUT2D eigenvalue weighted by Crippen LogP contribution is -2.52. The predicted molar refractivity (Wildman–Crippen MR) is 151 cm³/mol. The molecule has 2 aromatic heterocycles. The van der Waals surface area contributed by atoms with Crippen molar-refractivity contribution in [1.82, 2.24) is 29.8 Å². The van der Waals surface area contributed by atoms with Gasteiger partial charge in [0, 0.05) is 33.4 Å². The Morgan fingerprint density at radius 2 is 1.93 bits per heavy atom. The summed E-state index contributed by atoms with van der Waals surface area (Å²) in [7, 11) is 0. The molecule has 1 saturated heterocycles. The highest BCUT2D eigenvalue weighted by Crippen LogP contribution is 2.30. The molecule has 1 unspecified atom stereocenters. The average Bonchev–Trinajstić information content (AvgIpc) is 3.63. The smallest absolute Gasteiger partial charge is 0.244 e. The number of amides is 1. The van der Waals surface area contributed by atoms with E-state index in [0.717, 1.165) is 4.68 Å². The van der Waals surface area contributed by atoms with Gasteiger partial charge in [0.25, 0.3) is 0 Å². The zero-order chi connectivity index (χ0) is 31.0. The zero-order valence-electron chi connectivity index (χ0n) is 24.1. The SMILES string of the molecule is [2H]C([2H])([2H])n1cc2cc(NC(=O)C(Cc3ccc(F)cc3)N3CON(c4cc(Cl)ccc4-n4cc(Cl)nn4)CO3)ccc2n1. The van der Waals surface area contributed by atoms with Crippen molar-refractivity contribution in [2.75, 3.05) is 23.8 Å². The van der Waals surface area contributed by atoms with Crippen LogP contribution < -0.4 is 10.4 Å². The van der Waals surface area contributed by atoms with Gasteiger partial charge in [-0.2, -0.15) is 5.10 Å². The van der Waals surface area contributed by atoms with Crippen LogP contribution in [0.15, 0.2) is 73.1 Å². The first kappa shape index (κ1) is 23.6. The van der Waals surface area contributed by atoms with Gasteiger partial charge in [-0.3, -0.25) is 19.2 Å². The van der Waals surface area contributed by atoms with Gasteiger partial charge in [0.05, 0.1) is 23.1 Å². The number of carbonyl (C=O) groups excluding carboxylic acids is 1. The van der Waals surface area contributed by atoms with E-state index in [1.807, 2.05) is 0 Å². The molecule has 1 N–H and O–H groups in total. The molecule has 0 bridgehead atoms. The third-order valence-electron chi connectivity index (χ3n) is 6.36. The van der Waals surface area contributed by atoms with E-state index in [-0.39, 0.29) is 25.0 Å². The van der Waals surface area contributed by atoms with Gasteiger partial charge in [-0.15, -0.1) is 10.2 Å². The van der Waals surface area contributed by atoms with Crippen molar-refractivity contribution in [3.8, 4) is 5.69 Å². The second-order valence-corrected chi connectivity index (χ2v) is 9.94. The molecule has 1 fully saturated rings. The van der Waals surface area contributed by atoms with Crippen molar-refractivity contribution in [3.05, 3.63) is 94.6 Å². The molecule has 1 amide bonds. The van der Waals surface area contributed by atoms with Gasteiger partial charge < -0.3 is 5.32 Å². The van der Waals surface area contributed by atoms with Crippen LogP contribution in [0.3, 0.4) is 0 Å². The second kappa shape index (κ2) is 11.4. The molecule has 3 heterocycles. The first-order chi connectivity index (χ1) is 21.0. The summed E-state index contributed by atoms with van der Waals surface area (Å²) in [4.78, 5) is 25.7. The first-order valence-corrected chi connectivity index (χ1v) is 13.0. The van der Waals surface area contributed by atoms with Crippen LogP contribution in [-0.4, -0.2) is 55.2 Å². The molecule has 3 aromatic carbocycles. The van der Waals surface area contributed by atoms with Crippen LogP contribution in [0.4, 0.5) is 15.8 Å². The number of nitrogens with one attached hydrogen (secondary N) is 1. The lowest BCUT2D eigenvalue weighted by molar-refractivity contribution is -0.279. The van der Waals surface area contributed by atoms with Crippen molar-refractivity contribution in [1.29, 1.82) is 0 Å². The largest absolute Gasteiger partial charge is 0.325 e. The van der Waals surface area contributed by atoms with Crippen molar-refractivity contribution in [3.63, 3.8) is 0 Å². The van der Waals surface area contributed by atoms with Crippen LogP contribution in [0.5, 0.6) is 0 Å². The van der Waals surface area contributed by atoms with Crippen molar-refractivity contribution >= 4 is 51.4 Å². The number of anilines is 2. The van der Waals surface area contributed by atoms with E-state index < -0.39 is 24.7 Å². The van der Waals surface area contributed by atoms with Crippen LogP contribution in [0, 0.1) is 5.82 Å². The molecule has 6 rings (SSSR count). The van der Waals surface area contributed by atoms with Gasteiger partial charge in [0.2, 0.25) is 5.91 Å². The fourth-order valence-electron chi connectivity index (χ4n) is 4.40. The summed E-state index contributed by atoms with van der Waals surface area (Å²) in [6.45, 7) is -2.71. The molecule has 0 saturated carbocycles. The second-order valence-electron chi connectivity index (χ2n) is 9.11. The van der Waals surface area contributed by atoms with Crippen molar-refractivity contribution in [2.45, 2.75) is 12.5 Å². The Balaban J connectivity index is 1.22. The van der Waals surface area contributed by atoms with E-state index >= 15 is 0 Å². The number of benzene rings is 3. The molecule has 14 heteroatoms. The van der Waals surface area contributed by atoms with E-state index in [0.29, 0.717) is 38.6 Å². The summed E-state index contributed by atoms with van der Waals surface area (Å²) < 4.78 is 38.7. The predicted octanol–water partition coefficient (Wildman–Crippen LogP) is 4.75. The van der Waals surface area contributed by atoms with Crippen LogP contribution in [-0.2, 0) is 27.9 Å². The van der Waals surface area contributed by atoms with Gasteiger partial charge in [-0.05, 0) is 60.5 Å². The lowest BCUT2D eigenvalue weighted by Gasteiger charge is -2.38. The highest BCUT2D eigenvalue weighted by molar-refractivity contribution is 6.31. The van der Waals surface area contributed by atoms with E-state index in [2.05, 4.69) is 20.7 Å². The van der Waals surface area contributed by atoms with Crippen molar-refractivity contribution in [2.24, 2.45) is 6.98 Å². The van der Waals surface area contributed by atoms with Crippen LogP contribution in [0.1, 0.15) is 9.68 Å². The van der Waals surface area contributed by atoms with Crippen LogP contribution in [0.25, 0.3) is 16.6 Å². The Bertz CT molecular complexity index is 1810. The number of aromatic nitrogens is 5.